The van der Waals surface area contributed by atoms with E-state index in [0.717, 1.165) is 13.0 Å². The number of rotatable bonds is 5. The monoisotopic (exact) mass is 356 g/mol. The van der Waals surface area contributed by atoms with E-state index in [2.05, 4.69) is 29.7 Å². The molecule has 1 saturated heterocycles. The minimum Gasteiger partial charge on any atom is -0.379 e. The van der Waals surface area contributed by atoms with Gasteiger partial charge in [0, 0.05) is 22.4 Å². The molecule has 2 aromatic rings. The molecule has 25 heavy (non-hydrogen) atoms. The minimum atomic E-state index is -1.31. The molecule has 3 rings (SSSR count). The summed E-state index contributed by atoms with van der Waals surface area (Å²) in [5, 5.41) is 16.7. The molecule has 5 heteroatoms. The van der Waals surface area contributed by atoms with Gasteiger partial charge in [0.2, 0.25) is 0 Å². The van der Waals surface area contributed by atoms with Gasteiger partial charge in [0.25, 0.3) is 5.91 Å². The van der Waals surface area contributed by atoms with Crippen molar-refractivity contribution < 1.29 is 9.90 Å². The molecule has 1 aliphatic rings. The Hall–Kier alpha value is -1.82. The van der Waals surface area contributed by atoms with Gasteiger partial charge in [0.05, 0.1) is 0 Å². The summed E-state index contributed by atoms with van der Waals surface area (Å²) in [6.07, 6.45) is 1.30. The van der Waals surface area contributed by atoms with Gasteiger partial charge in [-0.05, 0) is 56.1 Å². The summed E-state index contributed by atoms with van der Waals surface area (Å²) >= 11 is 1.80. The van der Waals surface area contributed by atoms with Crippen LogP contribution in [0.3, 0.4) is 0 Å². The Morgan fingerprint density at radius 1 is 1.20 bits per heavy atom. The maximum absolute atomic E-state index is 12.3. The third kappa shape index (κ3) is 4.63. The second-order valence-electron chi connectivity index (χ2n) is 6.46. The first-order valence-electron chi connectivity index (χ1n) is 8.63. The van der Waals surface area contributed by atoms with Crippen LogP contribution in [0.5, 0.6) is 0 Å². The van der Waals surface area contributed by atoms with Crippen LogP contribution in [0.1, 0.15) is 30.6 Å². The first-order chi connectivity index (χ1) is 12.1. The number of benzene rings is 2. The first kappa shape index (κ1) is 18.0. The molecular weight excluding hydrogens is 332 g/mol. The van der Waals surface area contributed by atoms with Crippen LogP contribution in [0.25, 0.3) is 0 Å². The van der Waals surface area contributed by atoms with Gasteiger partial charge in [0.1, 0.15) is 0 Å². The molecule has 2 atom stereocenters. The molecular formula is C20H24N2O2S. The van der Waals surface area contributed by atoms with Gasteiger partial charge in [-0.1, -0.05) is 30.3 Å². The molecule has 1 fully saturated rings. The number of β-amino-alcohol motifs (C(OH)–C–C–N with tert-alkyl or cyclic N) is 1. The fourth-order valence-electron chi connectivity index (χ4n) is 2.94. The van der Waals surface area contributed by atoms with Crippen LogP contribution in [0, 0.1) is 0 Å². The Kier molecular flexibility index (Phi) is 5.78. The van der Waals surface area contributed by atoms with Crippen molar-refractivity contribution in [1.29, 1.82) is 0 Å². The van der Waals surface area contributed by atoms with Crippen LogP contribution in [0.2, 0.25) is 0 Å². The highest BCUT2D eigenvalue weighted by atomic mass is 32.2. The van der Waals surface area contributed by atoms with E-state index >= 15 is 0 Å². The van der Waals surface area contributed by atoms with Crippen LogP contribution >= 0.6 is 11.8 Å². The fraction of sp³-hybridized carbons (Fsp3) is 0.350. The third-order valence-electron chi connectivity index (χ3n) is 4.48. The van der Waals surface area contributed by atoms with Crippen molar-refractivity contribution in [2.45, 2.75) is 35.5 Å². The summed E-state index contributed by atoms with van der Waals surface area (Å²) in [5.41, 5.74) is 0.599. The van der Waals surface area contributed by atoms with Crippen molar-refractivity contribution in [2.75, 3.05) is 18.4 Å². The molecule has 132 valence electrons. The molecule has 3 N–H and O–H groups in total. The molecule has 0 radical (unpaired) electrons. The van der Waals surface area contributed by atoms with Gasteiger partial charge in [0.15, 0.2) is 5.60 Å². The molecule has 0 aliphatic carbocycles. The van der Waals surface area contributed by atoms with Crippen LogP contribution in [-0.4, -0.2) is 29.7 Å². The summed E-state index contributed by atoms with van der Waals surface area (Å²) in [6, 6.07) is 18.2. The van der Waals surface area contributed by atoms with E-state index in [0.29, 0.717) is 23.9 Å². The molecule has 1 aliphatic heterocycles. The van der Waals surface area contributed by atoms with E-state index in [-0.39, 0.29) is 5.91 Å². The van der Waals surface area contributed by atoms with Crippen LogP contribution in [-0.2, 0) is 4.79 Å². The van der Waals surface area contributed by atoms with Crippen LogP contribution in [0.15, 0.2) is 59.5 Å². The van der Waals surface area contributed by atoms with Crippen molar-refractivity contribution in [3.63, 3.8) is 0 Å². The topological polar surface area (TPSA) is 61.4 Å². The normalized spacial score (nSPS) is 21.5. The van der Waals surface area contributed by atoms with Crippen molar-refractivity contribution in [2.24, 2.45) is 0 Å². The standard InChI is InChI=1S/C20H24N2O2S/c1-15(25-18-6-3-2-4-7-18)16-8-10-17(11-9-16)22-19(23)20(24)12-5-13-21-14-20/h2-4,6-11,15,21,24H,5,12-14H2,1H3,(H,22,23). The van der Waals surface area contributed by atoms with Gasteiger partial charge >= 0.3 is 0 Å². The Morgan fingerprint density at radius 3 is 2.56 bits per heavy atom. The molecule has 0 spiro atoms. The Morgan fingerprint density at radius 2 is 1.92 bits per heavy atom. The van der Waals surface area contributed by atoms with Crippen molar-refractivity contribution in [3.05, 3.63) is 60.2 Å². The number of hydrogen-bond donors (Lipinski definition) is 3. The lowest BCUT2D eigenvalue weighted by Crippen LogP contribution is -2.53. The average molecular weight is 356 g/mol. The maximum atomic E-state index is 12.3. The summed E-state index contributed by atoms with van der Waals surface area (Å²) < 4.78 is 0. The predicted molar refractivity (Wildman–Crippen MR) is 103 cm³/mol. The molecule has 2 aromatic carbocycles. The molecule has 4 nitrogen and oxygen atoms in total. The summed E-state index contributed by atoms with van der Waals surface area (Å²) in [7, 11) is 0. The lowest BCUT2D eigenvalue weighted by atomic mass is 9.93. The first-order valence-corrected chi connectivity index (χ1v) is 9.51. The van der Waals surface area contributed by atoms with Gasteiger partial charge in [-0.15, -0.1) is 11.8 Å². The zero-order valence-electron chi connectivity index (χ0n) is 14.4. The van der Waals surface area contributed by atoms with E-state index < -0.39 is 5.60 Å². The van der Waals surface area contributed by atoms with E-state index in [1.807, 2.05) is 42.5 Å². The zero-order valence-corrected chi connectivity index (χ0v) is 15.2. The third-order valence-corrected chi connectivity index (χ3v) is 5.65. The number of amides is 1. The van der Waals surface area contributed by atoms with Gasteiger partial charge in [-0.25, -0.2) is 0 Å². The largest absolute Gasteiger partial charge is 0.379 e. The Labute approximate surface area is 153 Å². The number of anilines is 1. The summed E-state index contributed by atoms with van der Waals surface area (Å²) in [4.78, 5) is 13.6. The molecule has 1 heterocycles. The number of carbonyl (C=O) groups is 1. The van der Waals surface area contributed by atoms with Gasteiger partial charge < -0.3 is 15.7 Å². The quantitative estimate of drug-likeness (QED) is 0.717. The van der Waals surface area contributed by atoms with E-state index in [9.17, 15) is 9.90 Å². The maximum Gasteiger partial charge on any atom is 0.257 e. The number of nitrogens with one attached hydrogen (secondary N) is 2. The highest BCUT2D eigenvalue weighted by Gasteiger charge is 2.37. The molecule has 1 amide bonds. The van der Waals surface area contributed by atoms with E-state index in [1.165, 1.54) is 10.5 Å². The summed E-state index contributed by atoms with van der Waals surface area (Å²) in [6.45, 7) is 3.32. The van der Waals surface area contributed by atoms with Crippen LogP contribution < -0.4 is 10.6 Å². The van der Waals surface area contributed by atoms with Crippen LogP contribution in [0.4, 0.5) is 5.69 Å². The summed E-state index contributed by atoms with van der Waals surface area (Å²) in [5.74, 6) is -0.334. The number of thioether (sulfide) groups is 1. The lowest BCUT2D eigenvalue weighted by molar-refractivity contribution is -0.135. The number of carbonyl (C=O) groups excluding carboxylic acids is 1. The van der Waals surface area contributed by atoms with Crippen molar-refractivity contribution in [3.8, 4) is 0 Å². The fourth-order valence-corrected chi connectivity index (χ4v) is 3.96. The van der Waals surface area contributed by atoms with Gasteiger partial charge in [-0.2, -0.15) is 0 Å². The number of aliphatic hydroxyl groups is 1. The number of hydrogen-bond acceptors (Lipinski definition) is 4. The van der Waals surface area contributed by atoms with Crippen molar-refractivity contribution >= 4 is 23.4 Å². The van der Waals surface area contributed by atoms with Gasteiger partial charge in [-0.3, -0.25) is 4.79 Å². The van der Waals surface area contributed by atoms with E-state index in [4.69, 9.17) is 0 Å². The Balaban J connectivity index is 1.61. The molecule has 2 unspecified atom stereocenters. The zero-order chi connectivity index (χ0) is 17.7. The second kappa shape index (κ2) is 8.04. The van der Waals surface area contributed by atoms with E-state index in [1.54, 1.807) is 11.8 Å². The molecule has 0 aromatic heterocycles. The highest BCUT2D eigenvalue weighted by Crippen LogP contribution is 2.34. The SMILES string of the molecule is CC(Sc1ccccc1)c1ccc(NC(=O)C2(O)CCCNC2)cc1. The molecule has 0 bridgehead atoms. The smallest absolute Gasteiger partial charge is 0.257 e. The van der Waals surface area contributed by atoms with Crippen molar-refractivity contribution in [1.82, 2.24) is 5.32 Å². The average Bonchev–Trinajstić information content (AvgIpc) is 2.64. The predicted octanol–water partition coefficient (Wildman–Crippen LogP) is 3.59. The number of piperidine rings is 1. The second-order valence-corrected chi connectivity index (χ2v) is 7.88. The minimum absolute atomic E-state index is 0.307. The Bertz CT molecular complexity index is 697. The lowest BCUT2D eigenvalue weighted by Gasteiger charge is -2.31. The highest BCUT2D eigenvalue weighted by molar-refractivity contribution is 7.99. The molecule has 0 saturated carbocycles.